The van der Waals surface area contributed by atoms with Gasteiger partial charge in [-0.2, -0.15) is 0 Å². The van der Waals surface area contributed by atoms with Crippen molar-refractivity contribution in [2.24, 2.45) is 5.84 Å². The summed E-state index contributed by atoms with van der Waals surface area (Å²) in [7, 11) is 0. The van der Waals surface area contributed by atoms with Crippen LogP contribution in [0.3, 0.4) is 0 Å². The third-order valence-corrected chi connectivity index (χ3v) is 4.81. The van der Waals surface area contributed by atoms with Crippen LogP contribution >= 0.6 is 0 Å². The smallest absolute Gasteiger partial charge is 0.125 e. The molecule has 0 saturated carbocycles. The van der Waals surface area contributed by atoms with E-state index in [9.17, 15) is 19.0 Å². The van der Waals surface area contributed by atoms with Crippen molar-refractivity contribution >= 4 is 11.4 Å². The monoisotopic (exact) mass is 404 g/mol. The molecule has 0 aliphatic carbocycles. The van der Waals surface area contributed by atoms with Crippen LogP contribution in [-0.4, -0.2) is 10.2 Å². The lowest BCUT2D eigenvalue weighted by molar-refractivity contribution is 0.477. The first-order valence-electron chi connectivity index (χ1n) is 9.15. The van der Waals surface area contributed by atoms with Crippen molar-refractivity contribution in [3.63, 3.8) is 0 Å². The average molecular weight is 404 g/mol. The number of benzene rings is 4. The second kappa shape index (κ2) is 7.85. The van der Waals surface area contributed by atoms with Crippen LogP contribution in [0, 0.1) is 11.6 Å². The Morgan fingerprint density at radius 1 is 0.600 bits per heavy atom. The summed E-state index contributed by atoms with van der Waals surface area (Å²) in [6.07, 6.45) is 0. The molecule has 4 N–H and O–H groups in total. The Hall–Kier alpha value is -3.90. The van der Waals surface area contributed by atoms with Crippen molar-refractivity contribution in [1.29, 1.82) is 0 Å². The summed E-state index contributed by atoms with van der Waals surface area (Å²) < 4.78 is 26.6. The summed E-state index contributed by atoms with van der Waals surface area (Å²) in [5.74, 6) is 5.35. The Morgan fingerprint density at radius 3 is 1.70 bits per heavy atom. The second-order valence-electron chi connectivity index (χ2n) is 6.79. The van der Waals surface area contributed by atoms with Crippen molar-refractivity contribution in [2.45, 2.75) is 0 Å². The van der Waals surface area contributed by atoms with E-state index >= 15 is 0 Å². The number of rotatable bonds is 4. The Kier molecular flexibility index (Phi) is 5.08. The maximum atomic E-state index is 13.5. The van der Waals surface area contributed by atoms with Gasteiger partial charge < -0.3 is 10.2 Å². The molecule has 0 aromatic heterocycles. The van der Waals surface area contributed by atoms with E-state index < -0.39 is 5.82 Å². The summed E-state index contributed by atoms with van der Waals surface area (Å²) in [4.78, 5) is 0. The summed E-state index contributed by atoms with van der Waals surface area (Å²) >= 11 is 0. The van der Waals surface area contributed by atoms with Gasteiger partial charge in [0.15, 0.2) is 0 Å². The Bertz CT molecular complexity index is 1210. The van der Waals surface area contributed by atoms with Crippen LogP contribution in [0.15, 0.2) is 84.9 Å². The summed E-state index contributed by atoms with van der Waals surface area (Å²) in [6, 6.07) is 21.4. The molecular formula is C24H18F2N2O2. The van der Waals surface area contributed by atoms with Gasteiger partial charge in [0.25, 0.3) is 0 Å². The van der Waals surface area contributed by atoms with Gasteiger partial charge in [0.05, 0.1) is 11.4 Å². The Balaban J connectivity index is 1.63. The molecule has 0 heterocycles. The number of halogens is 2. The minimum absolute atomic E-state index is 0.0184. The number of hydrogen-bond acceptors (Lipinski definition) is 4. The minimum atomic E-state index is -0.395. The fourth-order valence-electron chi connectivity index (χ4n) is 3.26. The van der Waals surface area contributed by atoms with Crippen molar-refractivity contribution < 1.29 is 19.0 Å². The minimum Gasteiger partial charge on any atom is -0.507 e. The molecule has 0 unspecified atom stereocenters. The van der Waals surface area contributed by atoms with Gasteiger partial charge in [-0.15, -0.1) is 0 Å². The molecule has 4 nitrogen and oxygen atoms in total. The van der Waals surface area contributed by atoms with Gasteiger partial charge in [0, 0.05) is 23.3 Å². The van der Waals surface area contributed by atoms with Crippen LogP contribution < -0.4 is 10.9 Å². The molecule has 0 atom stereocenters. The quantitative estimate of drug-likeness (QED) is 0.300. The number of aromatic hydroxyl groups is 2. The average Bonchev–Trinajstić information content (AvgIpc) is 2.74. The van der Waals surface area contributed by atoms with E-state index in [1.807, 2.05) is 0 Å². The number of hydrogen-bond donors (Lipinski definition) is 3. The first-order chi connectivity index (χ1) is 14.4. The second-order valence-corrected chi connectivity index (χ2v) is 6.79. The highest BCUT2D eigenvalue weighted by molar-refractivity contribution is 5.77. The normalized spacial score (nSPS) is 10.8. The number of phenolic OH excluding ortho intramolecular Hbond substituents is 2. The lowest BCUT2D eigenvalue weighted by Crippen LogP contribution is -2.24. The predicted octanol–water partition coefficient (Wildman–Crippen LogP) is 5.72. The standard InChI is InChI=1S/C24H18F2N2O2/c25-17-6-4-15(5-7-17)21-10-8-19(13-23(21)29)28(27)20-9-11-22(24(30)14-20)16-2-1-3-18(26)12-16/h1-14,29-30H,27H2. The molecule has 150 valence electrons. The Labute approximate surface area is 172 Å². The molecule has 4 aromatic rings. The molecule has 0 bridgehead atoms. The maximum Gasteiger partial charge on any atom is 0.125 e. The van der Waals surface area contributed by atoms with Crippen molar-refractivity contribution in [3.05, 3.63) is 96.6 Å². The van der Waals surface area contributed by atoms with E-state index in [2.05, 4.69) is 0 Å². The zero-order chi connectivity index (χ0) is 21.3. The molecule has 0 fully saturated rings. The number of phenols is 2. The van der Waals surface area contributed by atoms with Crippen molar-refractivity contribution in [3.8, 4) is 33.8 Å². The van der Waals surface area contributed by atoms with Gasteiger partial charge in [-0.25, -0.2) is 14.6 Å². The number of anilines is 2. The lowest BCUT2D eigenvalue weighted by Gasteiger charge is -2.21. The van der Waals surface area contributed by atoms with Crippen LogP contribution in [0.4, 0.5) is 20.2 Å². The highest BCUT2D eigenvalue weighted by Gasteiger charge is 2.13. The number of nitrogens with zero attached hydrogens (tertiary/aromatic N) is 1. The zero-order valence-corrected chi connectivity index (χ0v) is 15.8. The third-order valence-electron chi connectivity index (χ3n) is 4.81. The molecule has 0 spiro atoms. The van der Waals surface area contributed by atoms with E-state index in [1.54, 1.807) is 48.5 Å². The zero-order valence-electron chi connectivity index (χ0n) is 15.8. The van der Waals surface area contributed by atoms with E-state index in [1.165, 1.54) is 41.4 Å². The van der Waals surface area contributed by atoms with Gasteiger partial charge in [-0.05, 0) is 59.7 Å². The van der Waals surface area contributed by atoms with Crippen LogP contribution in [-0.2, 0) is 0 Å². The predicted molar refractivity (Wildman–Crippen MR) is 113 cm³/mol. The van der Waals surface area contributed by atoms with E-state index in [0.29, 0.717) is 33.6 Å². The molecule has 4 rings (SSSR count). The van der Waals surface area contributed by atoms with Crippen LogP contribution in [0.2, 0.25) is 0 Å². The van der Waals surface area contributed by atoms with E-state index in [0.717, 1.165) is 0 Å². The first-order valence-corrected chi connectivity index (χ1v) is 9.15. The summed E-state index contributed by atoms with van der Waals surface area (Å²) in [5, 5.41) is 22.1. The molecule has 6 heteroatoms. The summed E-state index contributed by atoms with van der Waals surface area (Å²) in [6.45, 7) is 0. The lowest BCUT2D eigenvalue weighted by atomic mass is 10.0. The van der Waals surface area contributed by atoms with Crippen molar-refractivity contribution in [2.75, 3.05) is 5.01 Å². The topological polar surface area (TPSA) is 69.7 Å². The van der Waals surface area contributed by atoms with Gasteiger partial charge in [-0.3, -0.25) is 5.01 Å². The van der Waals surface area contributed by atoms with Crippen molar-refractivity contribution in [1.82, 2.24) is 0 Å². The number of hydrazine groups is 1. The summed E-state index contributed by atoms with van der Waals surface area (Å²) in [5.41, 5.74) is 3.18. The van der Waals surface area contributed by atoms with Gasteiger partial charge in [0.2, 0.25) is 0 Å². The molecule has 0 amide bonds. The molecule has 0 radical (unpaired) electrons. The van der Waals surface area contributed by atoms with Gasteiger partial charge in [0.1, 0.15) is 23.1 Å². The third kappa shape index (κ3) is 3.81. The van der Waals surface area contributed by atoms with E-state index in [4.69, 9.17) is 5.84 Å². The first kappa shape index (κ1) is 19.4. The van der Waals surface area contributed by atoms with Crippen LogP contribution in [0.1, 0.15) is 0 Å². The molecule has 0 aliphatic rings. The maximum absolute atomic E-state index is 13.5. The fourth-order valence-corrected chi connectivity index (χ4v) is 3.26. The fraction of sp³-hybridized carbons (Fsp3) is 0. The molecule has 0 saturated heterocycles. The largest absolute Gasteiger partial charge is 0.507 e. The highest BCUT2D eigenvalue weighted by atomic mass is 19.1. The van der Waals surface area contributed by atoms with Crippen LogP contribution in [0.25, 0.3) is 22.3 Å². The van der Waals surface area contributed by atoms with Crippen LogP contribution in [0.5, 0.6) is 11.5 Å². The van der Waals surface area contributed by atoms with Gasteiger partial charge >= 0.3 is 0 Å². The number of nitrogens with two attached hydrogens (primary N) is 1. The molecule has 0 aliphatic heterocycles. The Morgan fingerprint density at radius 2 is 1.17 bits per heavy atom. The van der Waals surface area contributed by atoms with E-state index in [-0.39, 0.29) is 17.3 Å². The molecule has 30 heavy (non-hydrogen) atoms. The van der Waals surface area contributed by atoms with Gasteiger partial charge in [-0.1, -0.05) is 24.3 Å². The molecular weight excluding hydrogens is 386 g/mol. The molecule has 4 aromatic carbocycles. The SMILES string of the molecule is NN(c1ccc(-c2ccc(F)cc2)c(O)c1)c1ccc(-c2cccc(F)c2)c(O)c1. The highest BCUT2D eigenvalue weighted by Crippen LogP contribution is 2.37.